The van der Waals surface area contributed by atoms with Crippen molar-refractivity contribution in [2.24, 2.45) is 5.73 Å². The lowest BCUT2D eigenvalue weighted by Gasteiger charge is -2.44. The molecule has 0 saturated carbocycles. The number of primary amides is 1. The van der Waals surface area contributed by atoms with Crippen molar-refractivity contribution in [3.8, 4) is 0 Å². The van der Waals surface area contributed by atoms with E-state index >= 15 is 0 Å². The maximum absolute atomic E-state index is 13.2. The van der Waals surface area contributed by atoms with Gasteiger partial charge in [-0.3, -0.25) is 9.59 Å². The number of halogens is 3. The predicted octanol–water partition coefficient (Wildman–Crippen LogP) is 5.51. The van der Waals surface area contributed by atoms with Gasteiger partial charge in [0.2, 0.25) is 11.8 Å². The molecular formula is C24H19Cl3N2O3. The minimum atomic E-state index is -1.01. The quantitative estimate of drug-likeness (QED) is 0.513. The lowest BCUT2D eigenvalue weighted by Crippen LogP contribution is -2.50. The molecule has 3 aromatic carbocycles. The molecular weight excluding hydrogens is 471 g/mol. The van der Waals surface area contributed by atoms with Gasteiger partial charge in [-0.1, -0.05) is 71.2 Å². The van der Waals surface area contributed by atoms with Gasteiger partial charge in [0.05, 0.1) is 6.04 Å². The zero-order valence-corrected chi connectivity index (χ0v) is 19.0. The summed E-state index contributed by atoms with van der Waals surface area (Å²) in [6.07, 6.45) is -0.555. The maximum atomic E-state index is 13.2. The molecule has 0 unspecified atom stereocenters. The molecule has 5 nitrogen and oxygen atoms in total. The van der Waals surface area contributed by atoms with E-state index < -0.39 is 24.1 Å². The first-order chi connectivity index (χ1) is 15.3. The van der Waals surface area contributed by atoms with Crippen molar-refractivity contribution >= 4 is 46.6 Å². The number of ether oxygens (including phenoxy) is 1. The summed E-state index contributed by atoms with van der Waals surface area (Å²) >= 11 is 18.2. The fraction of sp³-hybridized carbons (Fsp3) is 0.167. The monoisotopic (exact) mass is 488 g/mol. The Hall–Kier alpha value is -2.57. The number of hydrogen-bond donors (Lipinski definition) is 1. The van der Waals surface area contributed by atoms with Crippen molar-refractivity contribution < 1.29 is 14.3 Å². The summed E-state index contributed by atoms with van der Waals surface area (Å²) in [6, 6.07) is 19.3. The van der Waals surface area contributed by atoms with Gasteiger partial charge < -0.3 is 15.4 Å². The molecule has 8 heteroatoms. The third-order valence-corrected chi connectivity index (χ3v) is 6.16. The average Bonchev–Trinajstić information content (AvgIpc) is 2.77. The Kier molecular flexibility index (Phi) is 6.72. The van der Waals surface area contributed by atoms with Crippen molar-refractivity contribution in [2.75, 3.05) is 6.61 Å². The van der Waals surface area contributed by atoms with Gasteiger partial charge in [-0.15, -0.1) is 0 Å². The van der Waals surface area contributed by atoms with Crippen molar-refractivity contribution in [1.29, 1.82) is 0 Å². The van der Waals surface area contributed by atoms with Crippen LogP contribution in [0.3, 0.4) is 0 Å². The number of hydrogen-bond acceptors (Lipinski definition) is 3. The number of rotatable bonds is 5. The van der Waals surface area contributed by atoms with E-state index in [2.05, 4.69) is 0 Å². The van der Waals surface area contributed by atoms with Crippen LogP contribution in [-0.2, 0) is 14.3 Å². The average molecular weight is 490 g/mol. The molecule has 1 saturated heterocycles. The molecule has 0 aromatic heterocycles. The van der Waals surface area contributed by atoms with Gasteiger partial charge in [0.15, 0.2) is 0 Å². The molecule has 1 aliphatic rings. The number of morpholine rings is 1. The van der Waals surface area contributed by atoms with E-state index in [1.807, 2.05) is 24.3 Å². The van der Waals surface area contributed by atoms with Crippen LogP contribution < -0.4 is 5.73 Å². The number of amides is 2. The molecule has 1 fully saturated rings. The molecule has 0 bridgehead atoms. The Morgan fingerprint density at radius 1 is 0.844 bits per heavy atom. The molecule has 2 amide bonds. The van der Waals surface area contributed by atoms with Crippen LogP contribution in [0.1, 0.15) is 34.9 Å². The summed E-state index contributed by atoms with van der Waals surface area (Å²) < 4.78 is 5.99. The fourth-order valence-corrected chi connectivity index (χ4v) is 4.34. The molecule has 4 rings (SSSR count). The first kappa shape index (κ1) is 22.6. The summed E-state index contributed by atoms with van der Waals surface area (Å²) in [5.74, 6) is -1.01. The van der Waals surface area contributed by atoms with Gasteiger partial charge in [-0.25, -0.2) is 0 Å². The largest absolute Gasteiger partial charge is 0.368 e. The number of benzene rings is 3. The molecule has 1 aliphatic heterocycles. The highest BCUT2D eigenvalue weighted by Crippen LogP contribution is 2.44. The van der Waals surface area contributed by atoms with Crippen LogP contribution in [0, 0.1) is 0 Å². The Labute approximate surface area is 200 Å². The molecule has 0 spiro atoms. The summed E-state index contributed by atoms with van der Waals surface area (Å²) in [4.78, 5) is 27.3. The zero-order valence-electron chi connectivity index (χ0n) is 16.8. The molecule has 3 atom stereocenters. The Balaban J connectivity index is 1.86. The smallest absolute Gasteiger partial charge is 0.250 e. The molecule has 32 heavy (non-hydrogen) atoms. The third-order valence-electron chi connectivity index (χ3n) is 5.40. The Morgan fingerprint density at radius 2 is 1.31 bits per heavy atom. The van der Waals surface area contributed by atoms with Crippen molar-refractivity contribution in [2.45, 2.75) is 18.2 Å². The predicted molar refractivity (Wildman–Crippen MR) is 125 cm³/mol. The van der Waals surface area contributed by atoms with Crippen LogP contribution >= 0.6 is 34.8 Å². The topological polar surface area (TPSA) is 72.6 Å². The molecule has 2 N–H and O–H groups in total. The highest BCUT2D eigenvalue weighted by atomic mass is 35.5. The van der Waals surface area contributed by atoms with E-state index in [0.717, 1.165) is 11.1 Å². The van der Waals surface area contributed by atoms with E-state index in [1.165, 1.54) is 4.90 Å². The number of nitrogens with zero attached hydrogens (tertiary/aromatic N) is 1. The second kappa shape index (κ2) is 9.51. The second-order valence-corrected chi connectivity index (χ2v) is 8.75. The van der Waals surface area contributed by atoms with Crippen molar-refractivity contribution in [3.05, 3.63) is 105 Å². The minimum absolute atomic E-state index is 0.200. The van der Waals surface area contributed by atoms with Crippen LogP contribution in [0.4, 0.5) is 0 Å². The normalized spacial score (nSPS) is 19.6. The van der Waals surface area contributed by atoms with Crippen LogP contribution in [-0.4, -0.2) is 23.3 Å². The van der Waals surface area contributed by atoms with Gasteiger partial charge in [-0.05, 0) is 53.1 Å². The van der Waals surface area contributed by atoms with Crippen LogP contribution in [0.25, 0.3) is 0 Å². The van der Waals surface area contributed by atoms with Crippen molar-refractivity contribution in [1.82, 2.24) is 4.90 Å². The van der Waals surface area contributed by atoms with Gasteiger partial charge in [0.1, 0.15) is 18.8 Å². The van der Waals surface area contributed by atoms with Gasteiger partial charge in [0, 0.05) is 15.1 Å². The second-order valence-electron chi connectivity index (χ2n) is 7.44. The fourth-order valence-electron chi connectivity index (χ4n) is 3.97. The SMILES string of the molecule is NC(=O)[C@@H](c1ccc(Cl)cc1)N1C(=O)CO[C@@H](c2ccc(Cl)cc2)[C@H]1c1ccc(Cl)cc1. The van der Waals surface area contributed by atoms with Crippen molar-refractivity contribution in [3.63, 3.8) is 0 Å². The molecule has 0 aliphatic carbocycles. The Bertz CT molecular complexity index is 1120. The third kappa shape index (κ3) is 4.62. The maximum Gasteiger partial charge on any atom is 0.250 e. The number of carbonyl (C=O) groups is 2. The first-order valence-corrected chi connectivity index (χ1v) is 11.0. The van der Waals surface area contributed by atoms with E-state index in [9.17, 15) is 9.59 Å². The van der Waals surface area contributed by atoms with Crippen LogP contribution in [0.15, 0.2) is 72.8 Å². The summed E-state index contributed by atoms with van der Waals surface area (Å²) in [5, 5.41) is 1.64. The lowest BCUT2D eigenvalue weighted by atomic mass is 9.90. The van der Waals surface area contributed by atoms with Gasteiger partial charge in [0.25, 0.3) is 0 Å². The van der Waals surface area contributed by atoms with Gasteiger partial charge >= 0.3 is 0 Å². The summed E-state index contributed by atoms with van der Waals surface area (Å²) in [7, 11) is 0. The number of carbonyl (C=O) groups excluding carboxylic acids is 2. The van der Waals surface area contributed by atoms with E-state index in [0.29, 0.717) is 20.6 Å². The Morgan fingerprint density at radius 3 is 1.81 bits per heavy atom. The van der Waals surface area contributed by atoms with E-state index in [4.69, 9.17) is 45.3 Å². The highest BCUT2D eigenvalue weighted by molar-refractivity contribution is 6.31. The first-order valence-electron chi connectivity index (χ1n) is 9.83. The summed E-state index contributed by atoms with van der Waals surface area (Å²) in [5.41, 5.74) is 7.95. The standard InChI is InChI=1S/C24H19Cl3N2O3/c25-17-7-1-14(2-8-17)21-23(16-5-11-19(27)12-6-16)32-13-20(30)29(21)22(24(28)31)15-3-9-18(26)10-4-15/h1-12,21-23H,13H2,(H2,28,31)/t21-,22-,23+/m1/s1. The van der Waals surface area contributed by atoms with Crippen LogP contribution in [0.2, 0.25) is 15.1 Å². The molecule has 164 valence electrons. The lowest BCUT2D eigenvalue weighted by molar-refractivity contribution is -0.166. The highest BCUT2D eigenvalue weighted by Gasteiger charge is 2.44. The number of nitrogens with two attached hydrogens (primary N) is 1. The minimum Gasteiger partial charge on any atom is -0.368 e. The zero-order chi connectivity index (χ0) is 22.8. The van der Waals surface area contributed by atoms with E-state index in [-0.39, 0.29) is 12.5 Å². The molecule has 3 aromatic rings. The van der Waals surface area contributed by atoms with Gasteiger partial charge in [-0.2, -0.15) is 0 Å². The van der Waals surface area contributed by atoms with Crippen LogP contribution in [0.5, 0.6) is 0 Å². The summed E-state index contributed by atoms with van der Waals surface area (Å²) in [6.45, 7) is -0.200. The molecule has 1 heterocycles. The molecule has 0 radical (unpaired) electrons. The van der Waals surface area contributed by atoms with E-state index in [1.54, 1.807) is 48.5 Å².